The fourth-order valence-corrected chi connectivity index (χ4v) is 2.68. The second-order valence-electron chi connectivity index (χ2n) is 4.85. The molecule has 0 saturated heterocycles. The molecule has 0 saturated carbocycles. The van der Waals surface area contributed by atoms with Crippen LogP contribution in [0.25, 0.3) is 0 Å². The van der Waals surface area contributed by atoms with Gasteiger partial charge in [-0.3, -0.25) is 0 Å². The van der Waals surface area contributed by atoms with Crippen molar-refractivity contribution in [3.63, 3.8) is 0 Å². The van der Waals surface area contributed by atoms with Crippen molar-refractivity contribution >= 4 is 23.2 Å². The topological polar surface area (TPSA) is 71.4 Å². The third-order valence-corrected chi connectivity index (χ3v) is 3.73. The van der Waals surface area contributed by atoms with E-state index < -0.39 is 17.9 Å². The van der Waals surface area contributed by atoms with Crippen LogP contribution >= 0.6 is 0 Å². The molecule has 9 heteroatoms. The van der Waals surface area contributed by atoms with Crippen LogP contribution in [0.15, 0.2) is 4.36 Å². The van der Waals surface area contributed by atoms with Gasteiger partial charge in [-0.15, -0.1) is 0 Å². The van der Waals surface area contributed by atoms with Crippen LogP contribution in [0.4, 0.5) is 23.7 Å². The Bertz CT molecular complexity index is 654. The van der Waals surface area contributed by atoms with Crippen LogP contribution in [0.3, 0.4) is 0 Å². The molecular formula is C12H12F3N3O2S. The van der Waals surface area contributed by atoms with E-state index in [9.17, 15) is 22.2 Å². The third kappa shape index (κ3) is 2.97. The van der Waals surface area contributed by atoms with Crippen LogP contribution in [0.1, 0.15) is 41.8 Å². The Morgan fingerprint density at radius 3 is 2.71 bits per heavy atom. The third-order valence-electron chi connectivity index (χ3n) is 3.48. The minimum absolute atomic E-state index is 0.0105. The number of carbonyl (C=O) groups excluding carboxylic acids is 1. The highest BCUT2D eigenvalue weighted by molar-refractivity contribution is 7.55. The van der Waals surface area contributed by atoms with E-state index in [0.717, 1.165) is 0 Å². The number of anilines is 1. The van der Waals surface area contributed by atoms with E-state index >= 15 is 0 Å². The number of rotatable bonds is 1. The van der Waals surface area contributed by atoms with Gasteiger partial charge >= 0.3 is 12.2 Å². The van der Waals surface area contributed by atoms with Gasteiger partial charge in [-0.05, 0) is 25.7 Å². The Balaban J connectivity index is 2.63. The zero-order valence-corrected chi connectivity index (χ0v) is 12.1. The fourth-order valence-electron chi connectivity index (χ4n) is 2.56. The van der Waals surface area contributed by atoms with Gasteiger partial charge in [0, 0.05) is 16.8 Å². The summed E-state index contributed by atoms with van der Waals surface area (Å²) in [6.07, 6.45) is -3.51. The SMILES string of the molecule is Cc1c(C(F)(F)F)nc2c(c1NC(=O)N=S=O)[C@H](C)CC2. The van der Waals surface area contributed by atoms with Gasteiger partial charge in [0.1, 0.15) is 5.69 Å². The Morgan fingerprint density at radius 1 is 1.48 bits per heavy atom. The number of aryl methyl sites for hydroxylation is 1. The van der Waals surface area contributed by atoms with E-state index in [1.54, 1.807) is 0 Å². The summed E-state index contributed by atoms with van der Waals surface area (Å²) in [7, 11) is 0. The summed E-state index contributed by atoms with van der Waals surface area (Å²) in [4.78, 5) is 15.1. The van der Waals surface area contributed by atoms with Crippen LogP contribution in [-0.2, 0) is 24.1 Å². The molecule has 0 aliphatic heterocycles. The van der Waals surface area contributed by atoms with Crippen LogP contribution in [0.2, 0.25) is 0 Å². The molecule has 1 aliphatic carbocycles. The van der Waals surface area contributed by atoms with Crippen molar-refractivity contribution in [1.29, 1.82) is 0 Å². The van der Waals surface area contributed by atoms with Gasteiger partial charge in [0.05, 0.1) is 5.69 Å². The summed E-state index contributed by atoms with van der Waals surface area (Å²) in [5.41, 5.74) is -0.166. The first-order valence-electron chi connectivity index (χ1n) is 6.17. The maximum absolute atomic E-state index is 13.0. The summed E-state index contributed by atoms with van der Waals surface area (Å²) in [5.74, 6) is -0.0105. The lowest BCUT2D eigenvalue weighted by atomic mass is 9.99. The van der Waals surface area contributed by atoms with Gasteiger partial charge in [-0.1, -0.05) is 11.3 Å². The van der Waals surface area contributed by atoms with E-state index in [1.165, 1.54) is 6.92 Å². The molecule has 1 aromatic rings. The zero-order valence-electron chi connectivity index (χ0n) is 11.2. The van der Waals surface area contributed by atoms with Crippen molar-refractivity contribution in [1.82, 2.24) is 4.98 Å². The molecule has 1 heterocycles. The molecule has 5 nitrogen and oxygen atoms in total. The summed E-state index contributed by atoms with van der Waals surface area (Å²) in [5, 5.41) is 2.29. The van der Waals surface area contributed by atoms with E-state index in [4.69, 9.17) is 0 Å². The smallest absolute Gasteiger partial charge is 0.305 e. The minimum Gasteiger partial charge on any atom is -0.305 e. The number of aromatic nitrogens is 1. The second kappa shape index (κ2) is 5.55. The molecule has 0 radical (unpaired) electrons. The number of hydrogen-bond acceptors (Lipinski definition) is 3. The molecule has 2 amide bonds. The summed E-state index contributed by atoms with van der Waals surface area (Å²) in [6.45, 7) is 3.11. The average molecular weight is 319 g/mol. The van der Waals surface area contributed by atoms with Crippen LogP contribution in [-0.4, -0.2) is 15.2 Å². The van der Waals surface area contributed by atoms with Crippen molar-refractivity contribution < 1.29 is 22.2 Å². The highest BCUT2D eigenvalue weighted by Crippen LogP contribution is 2.43. The maximum atomic E-state index is 13.0. The number of pyridine rings is 1. The number of nitrogens with zero attached hydrogens (tertiary/aromatic N) is 2. The second-order valence-corrected chi connectivity index (χ2v) is 5.19. The molecule has 21 heavy (non-hydrogen) atoms. The van der Waals surface area contributed by atoms with Gasteiger partial charge in [-0.25, -0.2) is 9.78 Å². The van der Waals surface area contributed by atoms with Crippen molar-refractivity contribution in [2.45, 2.75) is 38.8 Å². The van der Waals surface area contributed by atoms with E-state index in [2.05, 4.69) is 14.7 Å². The monoisotopic (exact) mass is 319 g/mol. The molecule has 1 aromatic heterocycles. The predicted octanol–water partition coefficient (Wildman–Crippen LogP) is 3.39. The number of amides is 2. The molecule has 0 bridgehead atoms. The Hall–Kier alpha value is -1.77. The van der Waals surface area contributed by atoms with Crippen molar-refractivity contribution in [2.75, 3.05) is 5.32 Å². The molecule has 0 aromatic carbocycles. The molecule has 1 N–H and O–H groups in total. The molecule has 0 unspecified atom stereocenters. The lowest BCUT2D eigenvalue weighted by Crippen LogP contribution is -2.17. The highest BCUT2D eigenvalue weighted by atomic mass is 32.1. The molecule has 1 aliphatic rings. The van der Waals surface area contributed by atoms with Gasteiger partial charge in [-0.2, -0.15) is 17.4 Å². The Kier molecular flexibility index (Phi) is 4.13. The van der Waals surface area contributed by atoms with Gasteiger partial charge < -0.3 is 5.32 Å². The first kappa shape index (κ1) is 15.6. The Morgan fingerprint density at radius 2 is 2.14 bits per heavy atom. The van der Waals surface area contributed by atoms with E-state index in [1.807, 2.05) is 6.92 Å². The van der Waals surface area contributed by atoms with Crippen LogP contribution < -0.4 is 5.32 Å². The van der Waals surface area contributed by atoms with Crippen molar-refractivity contribution in [2.24, 2.45) is 4.36 Å². The maximum Gasteiger partial charge on any atom is 0.433 e. The number of fused-ring (bicyclic) bond motifs is 1. The Labute approximate surface area is 122 Å². The summed E-state index contributed by atoms with van der Waals surface area (Å²) in [6, 6.07) is -0.973. The molecular weight excluding hydrogens is 307 g/mol. The number of nitrogens with one attached hydrogen (secondary N) is 1. The lowest BCUT2D eigenvalue weighted by Gasteiger charge is -2.18. The normalized spacial score (nSPS) is 17.3. The van der Waals surface area contributed by atoms with Gasteiger partial charge in [0.2, 0.25) is 11.5 Å². The van der Waals surface area contributed by atoms with Crippen LogP contribution in [0, 0.1) is 6.92 Å². The van der Waals surface area contributed by atoms with Gasteiger partial charge in [0.25, 0.3) is 0 Å². The van der Waals surface area contributed by atoms with Crippen molar-refractivity contribution in [3.05, 3.63) is 22.5 Å². The minimum atomic E-state index is -4.60. The highest BCUT2D eigenvalue weighted by Gasteiger charge is 2.38. The molecule has 1 atom stereocenters. The predicted molar refractivity (Wildman–Crippen MR) is 70.3 cm³/mol. The number of urea groups is 1. The summed E-state index contributed by atoms with van der Waals surface area (Å²) >= 11 is -0.296. The van der Waals surface area contributed by atoms with E-state index in [0.29, 0.717) is 24.1 Å². The van der Waals surface area contributed by atoms with Gasteiger partial charge in [0.15, 0.2) is 0 Å². The number of halogens is 3. The molecule has 0 fully saturated rings. The number of alkyl halides is 3. The summed E-state index contributed by atoms with van der Waals surface area (Å²) < 4.78 is 52.3. The molecule has 2 rings (SSSR count). The van der Waals surface area contributed by atoms with Crippen molar-refractivity contribution in [3.8, 4) is 0 Å². The zero-order chi connectivity index (χ0) is 15.8. The quantitative estimate of drug-likeness (QED) is 0.862. The molecule has 0 spiro atoms. The first-order chi connectivity index (χ1) is 9.75. The largest absolute Gasteiger partial charge is 0.433 e. The lowest BCUT2D eigenvalue weighted by molar-refractivity contribution is -0.141. The fraction of sp³-hybridized carbons (Fsp3) is 0.500. The standard InChI is InChI=1S/C12H12F3N3O2S/c1-5-3-4-7-8(5)9(17-11(19)18-21-20)6(2)10(16-7)12(13,14)15/h5H,3-4H2,1-2H3,(H,16,17,19)/t5-/m1/s1. The number of carbonyl (C=O) groups is 1. The molecule has 114 valence electrons. The first-order valence-corrected chi connectivity index (χ1v) is 6.87. The van der Waals surface area contributed by atoms with Crippen LogP contribution in [0.5, 0.6) is 0 Å². The average Bonchev–Trinajstić information content (AvgIpc) is 2.73. The number of hydrogen-bond donors (Lipinski definition) is 1. The van der Waals surface area contributed by atoms with E-state index in [-0.39, 0.29) is 28.6 Å².